The Morgan fingerprint density at radius 3 is 2.68 bits per heavy atom. The van der Waals surface area contributed by atoms with Gasteiger partial charge in [0.25, 0.3) is 0 Å². The second-order valence-electron chi connectivity index (χ2n) is 4.44. The zero-order valence-electron chi connectivity index (χ0n) is 11.5. The molecule has 1 aromatic heterocycles. The van der Waals surface area contributed by atoms with E-state index in [0.29, 0.717) is 0 Å². The highest BCUT2D eigenvalue weighted by Crippen LogP contribution is 2.31. The molecule has 2 aromatic rings. The molecule has 0 saturated carbocycles. The van der Waals surface area contributed by atoms with E-state index in [2.05, 4.69) is 20.0 Å². The molecule has 1 aromatic carbocycles. The van der Waals surface area contributed by atoms with Crippen LogP contribution >= 0.6 is 0 Å². The van der Waals surface area contributed by atoms with Crippen molar-refractivity contribution in [1.29, 1.82) is 0 Å². The zero-order chi connectivity index (χ0) is 16.3. The van der Waals surface area contributed by atoms with Crippen molar-refractivity contribution < 1.29 is 27.5 Å². The minimum Gasteiger partial charge on any atom is -0.469 e. The second-order valence-corrected chi connectivity index (χ2v) is 4.44. The van der Waals surface area contributed by atoms with Gasteiger partial charge < -0.3 is 9.72 Å². The number of esters is 1. The summed E-state index contributed by atoms with van der Waals surface area (Å²) in [5.74, 6) is -1.01. The van der Waals surface area contributed by atoms with E-state index in [4.69, 9.17) is 0 Å². The molecular weight excluding hydrogens is 303 g/mol. The number of carbonyl (C=O) groups is 2. The fourth-order valence-corrected chi connectivity index (χ4v) is 1.76. The highest BCUT2D eigenvalue weighted by Gasteiger charge is 2.30. The normalized spacial score (nSPS) is 11.5. The van der Waals surface area contributed by atoms with Crippen LogP contribution in [0.4, 0.5) is 19.1 Å². The molecule has 1 amide bonds. The number of methoxy groups -OCH3 is 1. The van der Waals surface area contributed by atoms with Gasteiger partial charge in [-0.25, -0.2) is 4.98 Å². The molecule has 9 heteroatoms. The Balaban J connectivity index is 2.09. The van der Waals surface area contributed by atoms with E-state index in [-0.39, 0.29) is 29.8 Å². The fraction of sp³-hybridized carbons (Fsp3) is 0.308. The number of benzene rings is 1. The molecule has 0 saturated heterocycles. The first kappa shape index (κ1) is 15.8. The monoisotopic (exact) mass is 315 g/mol. The third-order valence-corrected chi connectivity index (χ3v) is 2.85. The molecule has 2 rings (SSSR count). The molecule has 0 aliphatic carbocycles. The minimum atomic E-state index is -4.46. The fourth-order valence-electron chi connectivity index (χ4n) is 1.76. The first-order valence-electron chi connectivity index (χ1n) is 6.23. The van der Waals surface area contributed by atoms with Crippen LogP contribution in [0.2, 0.25) is 0 Å². The Morgan fingerprint density at radius 2 is 2.05 bits per heavy atom. The summed E-state index contributed by atoms with van der Waals surface area (Å²) in [5, 5.41) is 2.37. The number of aromatic nitrogens is 2. The van der Waals surface area contributed by atoms with E-state index in [0.717, 1.165) is 12.1 Å². The standard InChI is InChI=1S/C13H12F3N3O3/c1-22-11(21)5-4-10(20)19-12-17-8-3-2-7(13(14,15)16)6-9(8)18-12/h2-3,6H,4-5H2,1H3,(H2,17,18,19,20). The second kappa shape index (κ2) is 6.04. The largest absolute Gasteiger partial charge is 0.469 e. The average Bonchev–Trinajstić information content (AvgIpc) is 2.84. The lowest BCUT2D eigenvalue weighted by atomic mass is 10.2. The molecule has 1 heterocycles. The van der Waals surface area contributed by atoms with Gasteiger partial charge in [0, 0.05) is 6.42 Å². The van der Waals surface area contributed by atoms with Crippen LogP contribution in [0.5, 0.6) is 0 Å². The van der Waals surface area contributed by atoms with Gasteiger partial charge in [-0.2, -0.15) is 13.2 Å². The number of halogens is 3. The SMILES string of the molecule is COC(=O)CCC(=O)Nc1nc2ccc(C(F)(F)F)cc2[nH]1. The summed E-state index contributed by atoms with van der Waals surface area (Å²) in [6.07, 6.45) is -4.67. The number of alkyl halides is 3. The van der Waals surface area contributed by atoms with Crippen molar-refractivity contribution in [2.75, 3.05) is 12.4 Å². The number of nitrogens with one attached hydrogen (secondary N) is 2. The summed E-state index contributed by atoms with van der Waals surface area (Å²) < 4.78 is 42.2. The predicted molar refractivity (Wildman–Crippen MR) is 71.0 cm³/mol. The topological polar surface area (TPSA) is 84.1 Å². The van der Waals surface area contributed by atoms with Crippen LogP contribution in [0.1, 0.15) is 18.4 Å². The predicted octanol–water partition coefficient (Wildman–Crippen LogP) is 2.47. The smallest absolute Gasteiger partial charge is 0.416 e. The summed E-state index contributed by atoms with van der Waals surface area (Å²) in [6, 6.07) is 3.03. The summed E-state index contributed by atoms with van der Waals surface area (Å²) in [5.41, 5.74) is -0.374. The van der Waals surface area contributed by atoms with Crippen LogP contribution in [-0.2, 0) is 20.5 Å². The van der Waals surface area contributed by atoms with Crippen LogP contribution in [0.15, 0.2) is 18.2 Å². The third kappa shape index (κ3) is 3.74. The molecule has 0 unspecified atom stereocenters. The van der Waals surface area contributed by atoms with E-state index in [1.165, 1.54) is 13.2 Å². The molecule has 0 aliphatic heterocycles. The van der Waals surface area contributed by atoms with Gasteiger partial charge in [-0.05, 0) is 18.2 Å². The molecule has 6 nitrogen and oxygen atoms in total. The number of fused-ring (bicyclic) bond motifs is 1. The first-order chi connectivity index (χ1) is 10.3. The van der Waals surface area contributed by atoms with Crippen molar-refractivity contribution >= 4 is 28.9 Å². The number of H-pyrrole nitrogens is 1. The number of nitrogens with zero attached hydrogens (tertiary/aromatic N) is 1. The Bertz CT molecular complexity index is 709. The van der Waals surface area contributed by atoms with Crippen LogP contribution in [-0.4, -0.2) is 29.0 Å². The van der Waals surface area contributed by atoms with Crippen molar-refractivity contribution in [3.05, 3.63) is 23.8 Å². The molecule has 0 bridgehead atoms. The van der Waals surface area contributed by atoms with Crippen molar-refractivity contribution in [3.63, 3.8) is 0 Å². The molecule has 118 valence electrons. The summed E-state index contributed by atoms with van der Waals surface area (Å²) in [4.78, 5) is 29.0. The number of ether oxygens (including phenoxy) is 1. The summed E-state index contributed by atoms with van der Waals surface area (Å²) in [7, 11) is 1.21. The van der Waals surface area contributed by atoms with Gasteiger partial charge in [0.15, 0.2) is 0 Å². The zero-order valence-corrected chi connectivity index (χ0v) is 11.5. The number of anilines is 1. The maximum Gasteiger partial charge on any atom is 0.416 e. The minimum absolute atomic E-state index is 0.0178. The van der Waals surface area contributed by atoms with Gasteiger partial charge in [0.2, 0.25) is 11.9 Å². The van der Waals surface area contributed by atoms with Gasteiger partial charge in [0.05, 0.1) is 30.1 Å². The average molecular weight is 315 g/mol. The van der Waals surface area contributed by atoms with E-state index in [1.807, 2.05) is 0 Å². The van der Waals surface area contributed by atoms with Gasteiger partial charge in [-0.1, -0.05) is 0 Å². The maximum atomic E-state index is 12.6. The van der Waals surface area contributed by atoms with Crippen LogP contribution < -0.4 is 5.32 Å². The van der Waals surface area contributed by atoms with E-state index in [1.54, 1.807) is 0 Å². The Kier molecular flexibility index (Phi) is 4.34. The van der Waals surface area contributed by atoms with Gasteiger partial charge >= 0.3 is 12.1 Å². The number of rotatable bonds is 4. The highest BCUT2D eigenvalue weighted by molar-refractivity contribution is 5.92. The van der Waals surface area contributed by atoms with Crippen LogP contribution in [0, 0.1) is 0 Å². The van der Waals surface area contributed by atoms with Gasteiger partial charge in [-0.15, -0.1) is 0 Å². The quantitative estimate of drug-likeness (QED) is 0.849. The lowest BCUT2D eigenvalue weighted by Crippen LogP contribution is -2.14. The van der Waals surface area contributed by atoms with Crippen LogP contribution in [0.25, 0.3) is 11.0 Å². The number of hydrogen-bond acceptors (Lipinski definition) is 4. The lowest BCUT2D eigenvalue weighted by molar-refractivity contribution is -0.141. The number of hydrogen-bond donors (Lipinski definition) is 2. The number of amides is 1. The molecule has 2 N–H and O–H groups in total. The molecular formula is C13H12F3N3O3. The van der Waals surface area contributed by atoms with Crippen LogP contribution in [0.3, 0.4) is 0 Å². The Hall–Kier alpha value is -2.58. The highest BCUT2D eigenvalue weighted by atomic mass is 19.4. The van der Waals surface area contributed by atoms with Crippen molar-refractivity contribution in [2.45, 2.75) is 19.0 Å². The number of imidazole rings is 1. The summed E-state index contributed by atoms with van der Waals surface area (Å²) >= 11 is 0. The molecule has 0 aliphatic rings. The lowest BCUT2D eigenvalue weighted by Gasteiger charge is -2.05. The molecule has 0 atom stereocenters. The number of aromatic amines is 1. The van der Waals surface area contributed by atoms with E-state index < -0.39 is 23.6 Å². The van der Waals surface area contributed by atoms with E-state index in [9.17, 15) is 22.8 Å². The molecule has 0 fully saturated rings. The third-order valence-electron chi connectivity index (χ3n) is 2.85. The van der Waals surface area contributed by atoms with Gasteiger partial charge in [-0.3, -0.25) is 14.9 Å². The molecule has 0 radical (unpaired) electrons. The molecule has 22 heavy (non-hydrogen) atoms. The summed E-state index contributed by atoms with van der Waals surface area (Å²) in [6.45, 7) is 0. The van der Waals surface area contributed by atoms with Crippen molar-refractivity contribution in [2.24, 2.45) is 0 Å². The molecule has 0 spiro atoms. The first-order valence-corrected chi connectivity index (χ1v) is 6.23. The van der Waals surface area contributed by atoms with Gasteiger partial charge in [0.1, 0.15) is 0 Å². The van der Waals surface area contributed by atoms with Crippen molar-refractivity contribution in [1.82, 2.24) is 9.97 Å². The van der Waals surface area contributed by atoms with Crippen molar-refractivity contribution in [3.8, 4) is 0 Å². The maximum absolute atomic E-state index is 12.6. The Labute approximate surface area is 122 Å². The number of carbonyl (C=O) groups excluding carboxylic acids is 2. The Morgan fingerprint density at radius 1 is 1.32 bits per heavy atom. The van der Waals surface area contributed by atoms with E-state index >= 15 is 0 Å².